The maximum Gasteiger partial charge on any atom is 0.255 e. The van der Waals surface area contributed by atoms with Crippen molar-refractivity contribution in [3.05, 3.63) is 45.8 Å². The summed E-state index contributed by atoms with van der Waals surface area (Å²) in [5.41, 5.74) is 1.70. The van der Waals surface area contributed by atoms with Crippen molar-refractivity contribution in [1.29, 1.82) is 0 Å². The molecule has 5 nitrogen and oxygen atoms in total. The van der Waals surface area contributed by atoms with Gasteiger partial charge in [0.1, 0.15) is 11.5 Å². The summed E-state index contributed by atoms with van der Waals surface area (Å²) in [6.07, 6.45) is 0. The van der Waals surface area contributed by atoms with Gasteiger partial charge in [0, 0.05) is 10.6 Å². The van der Waals surface area contributed by atoms with Crippen LogP contribution in [0.15, 0.2) is 22.7 Å². The molecule has 1 aromatic heterocycles. The van der Waals surface area contributed by atoms with Crippen molar-refractivity contribution >= 4 is 17.5 Å². The Hall–Kier alpha value is -2.01. The molecule has 2 N–H and O–H groups in total. The van der Waals surface area contributed by atoms with Crippen molar-refractivity contribution in [3.63, 3.8) is 0 Å². The highest BCUT2D eigenvalue weighted by molar-refractivity contribution is 6.31. The molecular formula is C14H15ClN2O3. The second kappa shape index (κ2) is 5.54. The molecule has 0 aliphatic heterocycles. The molecule has 0 saturated heterocycles. The van der Waals surface area contributed by atoms with Crippen molar-refractivity contribution in [1.82, 2.24) is 10.5 Å². The van der Waals surface area contributed by atoms with Gasteiger partial charge in [-0.3, -0.25) is 4.79 Å². The highest BCUT2D eigenvalue weighted by Crippen LogP contribution is 2.24. The van der Waals surface area contributed by atoms with E-state index in [1.54, 1.807) is 6.92 Å². The first-order chi connectivity index (χ1) is 9.40. The monoisotopic (exact) mass is 294 g/mol. The molecule has 6 heteroatoms. The summed E-state index contributed by atoms with van der Waals surface area (Å²) in [7, 11) is 0. The number of hydrogen-bond acceptors (Lipinski definition) is 4. The highest BCUT2D eigenvalue weighted by Gasteiger charge is 2.20. The number of phenols is 1. The van der Waals surface area contributed by atoms with Gasteiger partial charge < -0.3 is 14.9 Å². The molecule has 0 fully saturated rings. The number of aromatic nitrogens is 1. The van der Waals surface area contributed by atoms with Gasteiger partial charge in [-0.2, -0.15) is 0 Å². The summed E-state index contributed by atoms with van der Waals surface area (Å²) in [6.45, 7) is 5.42. The molecule has 1 heterocycles. The number of amides is 1. The second-order valence-electron chi connectivity index (χ2n) is 4.59. The minimum Gasteiger partial charge on any atom is -0.507 e. The van der Waals surface area contributed by atoms with Crippen molar-refractivity contribution < 1.29 is 14.4 Å². The van der Waals surface area contributed by atoms with Crippen LogP contribution in [0.5, 0.6) is 5.75 Å². The molecule has 0 spiro atoms. The molecule has 1 atom stereocenters. The van der Waals surface area contributed by atoms with Crippen molar-refractivity contribution in [3.8, 4) is 5.75 Å². The van der Waals surface area contributed by atoms with Crippen LogP contribution in [-0.4, -0.2) is 16.2 Å². The first-order valence-electron chi connectivity index (χ1n) is 6.12. The van der Waals surface area contributed by atoms with Crippen LogP contribution in [-0.2, 0) is 0 Å². The average molecular weight is 295 g/mol. The van der Waals surface area contributed by atoms with Crippen molar-refractivity contribution in [2.24, 2.45) is 0 Å². The van der Waals surface area contributed by atoms with E-state index in [9.17, 15) is 9.90 Å². The number of halogens is 1. The lowest BCUT2D eigenvalue weighted by Gasteiger charge is -2.14. The van der Waals surface area contributed by atoms with Crippen molar-refractivity contribution in [2.75, 3.05) is 0 Å². The normalized spacial score (nSPS) is 12.2. The first-order valence-corrected chi connectivity index (χ1v) is 6.50. The van der Waals surface area contributed by atoms with Gasteiger partial charge in [-0.15, -0.1) is 0 Å². The molecule has 2 rings (SSSR count). The van der Waals surface area contributed by atoms with E-state index in [0.29, 0.717) is 10.8 Å². The minimum absolute atomic E-state index is 0.113. The number of phenolic OH excluding ortho intramolecular Hbond substituents is 1. The number of rotatable bonds is 3. The van der Waals surface area contributed by atoms with E-state index in [2.05, 4.69) is 10.5 Å². The molecular weight excluding hydrogens is 280 g/mol. The van der Waals surface area contributed by atoms with Crippen LogP contribution in [0.4, 0.5) is 0 Å². The van der Waals surface area contributed by atoms with Crippen LogP contribution in [0, 0.1) is 13.8 Å². The second-order valence-corrected chi connectivity index (χ2v) is 5.03. The summed E-state index contributed by atoms with van der Waals surface area (Å²) < 4.78 is 5.07. The lowest BCUT2D eigenvalue weighted by atomic mass is 10.1. The molecule has 0 bridgehead atoms. The molecule has 1 aromatic carbocycles. The van der Waals surface area contributed by atoms with Gasteiger partial charge >= 0.3 is 0 Å². The largest absolute Gasteiger partial charge is 0.507 e. The lowest BCUT2D eigenvalue weighted by molar-refractivity contribution is 0.0937. The van der Waals surface area contributed by atoms with E-state index < -0.39 is 5.91 Å². The third-order valence-electron chi connectivity index (χ3n) is 3.07. The minimum atomic E-state index is -0.405. The summed E-state index contributed by atoms with van der Waals surface area (Å²) in [4.78, 5) is 12.2. The Balaban J connectivity index is 2.22. The molecule has 0 radical (unpaired) electrons. The van der Waals surface area contributed by atoms with Crippen LogP contribution in [0.2, 0.25) is 5.02 Å². The number of benzene rings is 1. The fourth-order valence-electron chi connectivity index (χ4n) is 2.14. The maximum absolute atomic E-state index is 12.2. The summed E-state index contributed by atoms with van der Waals surface area (Å²) in [6, 6.07) is 4.04. The van der Waals surface area contributed by atoms with E-state index in [-0.39, 0.29) is 17.4 Å². The average Bonchev–Trinajstić information content (AvgIpc) is 2.71. The number of aryl methyl sites for hydroxylation is 2. The highest BCUT2D eigenvalue weighted by atomic mass is 35.5. The molecule has 2 aromatic rings. The Morgan fingerprint density at radius 2 is 2.15 bits per heavy atom. The Bertz CT molecular complexity index is 632. The standard InChI is InChI=1S/C14H15ClN2O3/c1-7(13-8(2)17-20-9(13)3)16-14(19)11-6-10(15)4-5-12(11)18/h4-7,18H,1-3H3,(H,16,19). The van der Waals surface area contributed by atoms with Gasteiger partial charge in [-0.1, -0.05) is 16.8 Å². The Morgan fingerprint density at radius 3 is 2.75 bits per heavy atom. The molecule has 0 aliphatic rings. The smallest absolute Gasteiger partial charge is 0.255 e. The molecule has 0 saturated carbocycles. The van der Waals surface area contributed by atoms with Gasteiger partial charge in [0.25, 0.3) is 5.91 Å². The van der Waals surface area contributed by atoms with Crippen LogP contribution in [0.1, 0.15) is 40.3 Å². The maximum atomic E-state index is 12.2. The lowest BCUT2D eigenvalue weighted by Crippen LogP contribution is -2.27. The zero-order valence-corrected chi connectivity index (χ0v) is 12.2. The number of carbonyl (C=O) groups is 1. The van der Waals surface area contributed by atoms with Crippen LogP contribution < -0.4 is 5.32 Å². The fraction of sp³-hybridized carbons (Fsp3) is 0.286. The zero-order valence-electron chi connectivity index (χ0n) is 11.4. The van der Waals surface area contributed by atoms with Crippen LogP contribution >= 0.6 is 11.6 Å². The summed E-state index contributed by atoms with van der Waals surface area (Å²) in [5, 5.41) is 16.7. The third kappa shape index (κ3) is 2.77. The fourth-order valence-corrected chi connectivity index (χ4v) is 2.32. The van der Waals surface area contributed by atoms with E-state index >= 15 is 0 Å². The Morgan fingerprint density at radius 1 is 1.45 bits per heavy atom. The molecule has 0 aliphatic carbocycles. The van der Waals surface area contributed by atoms with Crippen LogP contribution in [0.25, 0.3) is 0 Å². The van der Waals surface area contributed by atoms with E-state index in [1.807, 2.05) is 13.8 Å². The number of aromatic hydroxyl groups is 1. The molecule has 1 amide bonds. The van der Waals surface area contributed by atoms with Gasteiger partial charge in [0.05, 0.1) is 17.3 Å². The van der Waals surface area contributed by atoms with E-state index in [0.717, 1.165) is 11.3 Å². The summed E-state index contributed by atoms with van der Waals surface area (Å²) in [5.74, 6) is 0.140. The van der Waals surface area contributed by atoms with Gasteiger partial charge in [0.2, 0.25) is 0 Å². The number of hydrogen-bond donors (Lipinski definition) is 2. The number of nitrogens with one attached hydrogen (secondary N) is 1. The van der Waals surface area contributed by atoms with E-state index in [1.165, 1.54) is 18.2 Å². The quantitative estimate of drug-likeness (QED) is 0.912. The van der Waals surface area contributed by atoms with Gasteiger partial charge in [-0.05, 0) is 39.0 Å². The summed E-state index contributed by atoms with van der Waals surface area (Å²) >= 11 is 5.83. The zero-order chi connectivity index (χ0) is 14.9. The predicted molar refractivity (Wildman–Crippen MR) is 75.0 cm³/mol. The van der Waals surface area contributed by atoms with Gasteiger partial charge in [-0.25, -0.2) is 0 Å². The predicted octanol–water partition coefficient (Wildman–Crippen LogP) is 3.14. The molecule has 20 heavy (non-hydrogen) atoms. The topological polar surface area (TPSA) is 75.4 Å². The molecule has 106 valence electrons. The van der Waals surface area contributed by atoms with Gasteiger partial charge in [0.15, 0.2) is 0 Å². The number of carbonyl (C=O) groups excluding carboxylic acids is 1. The molecule has 1 unspecified atom stereocenters. The Labute approximate surface area is 121 Å². The van der Waals surface area contributed by atoms with Crippen LogP contribution in [0.3, 0.4) is 0 Å². The SMILES string of the molecule is Cc1noc(C)c1C(C)NC(=O)c1cc(Cl)ccc1O. The third-order valence-corrected chi connectivity index (χ3v) is 3.31. The Kier molecular flexibility index (Phi) is 3.99. The first kappa shape index (κ1) is 14.4. The van der Waals surface area contributed by atoms with E-state index in [4.69, 9.17) is 16.1 Å². The van der Waals surface area contributed by atoms with Crippen molar-refractivity contribution in [2.45, 2.75) is 26.8 Å². The number of nitrogens with zero attached hydrogens (tertiary/aromatic N) is 1.